The van der Waals surface area contributed by atoms with Crippen molar-refractivity contribution in [3.05, 3.63) is 22.2 Å². The van der Waals surface area contributed by atoms with Crippen molar-refractivity contribution in [2.45, 2.75) is 6.54 Å². The van der Waals surface area contributed by atoms with Gasteiger partial charge in [0.15, 0.2) is 0 Å². The standard InChI is InChI=1S/C9H9ClN2OS/c1-13-7-3-8-6(2-5(7)10)12-9(4-11)14-8/h2-3H,4,11H2,1H3. The molecule has 2 rings (SSSR count). The number of rotatable bonds is 2. The zero-order valence-corrected chi connectivity index (χ0v) is 9.15. The molecule has 1 aromatic heterocycles. The Bertz CT molecular complexity index is 469. The Morgan fingerprint density at radius 3 is 3.00 bits per heavy atom. The van der Waals surface area contributed by atoms with Gasteiger partial charge in [-0.15, -0.1) is 11.3 Å². The summed E-state index contributed by atoms with van der Waals surface area (Å²) in [5, 5.41) is 1.48. The zero-order chi connectivity index (χ0) is 10.1. The van der Waals surface area contributed by atoms with E-state index in [1.165, 1.54) is 0 Å². The normalized spacial score (nSPS) is 10.8. The molecule has 74 valence electrons. The van der Waals surface area contributed by atoms with Gasteiger partial charge < -0.3 is 10.5 Å². The molecule has 14 heavy (non-hydrogen) atoms. The third-order valence-electron chi connectivity index (χ3n) is 1.88. The molecule has 0 unspecified atom stereocenters. The average molecular weight is 229 g/mol. The van der Waals surface area contributed by atoms with Gasteiger partial charge in [-0.05, 0) is 6.07 Å². The topological polar surface area (TPSA) is 48.1 Å². The van der Waals surface area contributed by atoms with Crippen LogP contribution in [0.2, 0.25) is 5.02 Å². The molecular weight excluding hydrogens is 220 g/mol. The van der Waals surface area contributed by atoms with Crippen LogP contribution in [0.5, 0.6) is 5.75 Å². The first kappa shape index (κ1) is 9.71. The van der Waals surface area contributed by atoms with E-state index in [9.17, 15) is 0 Å². The monoisotopic (exact) mass is 228 g/mol. The van der Waals surface area contributed by atoms with E-state index in [0.29, 0.717) is 17.3 Å². The number of hydrogen-bond donors (Lipinski definition) is 1. The van der Waals surface area contributed by atoms with Crippen molar-refractivity contribution in [1.82, 2.24) is 4.98 Å². The van der Waals surface area contributed by atoms with E-state index in [1.54, 1.807) is 24.5 Å². The van der Waals surface area contributed by atoms with Crippen molar-refractivity contribution in [3.63, 3.8) is 0 Å². The number of methoxy groups -OCH3 is 1. The minimum absolute atomic E-state index is 0.458. The zero-order valence-electron chi connectivity index (χ0n) is 7.58. The molecule has 0 amide bonds. The first-order chi connectivity index (χ1) is 6.74. The Balaban J connectivity index is 2.64. The van der Waals surface area contributed by atoms with Crippen molar-refractivity contribution in [2.24, 2.45) is 5.73 Å². The molecule has 0 radical (unpaired) electrons. The number of halogens is 1. The van der Waals surface area contributed by atoms with Gasteiger partial charge in [0.2, 0.25) is 0 Å². The molecule has 0 spiro atoms. The van der Waals surface area contributed by atoms with Gasteiger partial charge in [0.1, 0.15) is 10.8 Å². The van der Waals surface area contributed by atoms with E-state index >= 15 is 0 Å². The molecule has 0 saturated heterocycles. The van der Waals surface area contributed by atoms with Gasteiger partial charge in [0.05, 0.1) is 22.3 Å². The molecule has 0 saturated carbocycles. The molecule has 0 aliphatic carbocycles. The van der Waals surface area contributed by atoms with Crippen LogP contribution in [0.15, 0.2) is 12.1 Å². The van der Waals surface area contributed by atoms with E-state index in [2.05, 4.69) is 4.98 Å². The van der Waals surface area contributed by atoms with Crippen LogP contribution < -0.4 is 10.5 Å². The summed E-state index contributed by atoms with van der Waals surface area (Å²) in [6.07, 6.45) is 0. The lowest BCUT2D eigenvalue weighted by Gasteiger charge is -2.00. The fraction of sp³-hybridized carbons (Fsp3) is 0.222. The second-order valence-corrected chi connectivity index (χ2v) is 4.29. The van der Waals surface area contributed by atoms with Crippen molar-refractivity contribution < 1.29 is 4.74 Å². The molecule has 1 aromatic carbocycles. The molecule has 2 aromatic rings. The summed E-state index contributed by atoms with van der Waals surface area (Å²) in [4.78, 5) is 4.32. The highest BCUT2D eigenvalue weighted by Crippen LogP contribution is 2.32. The SMILES string of the molecule is COc1cc2sc(CN)nc2cc1Cl. The molecule has 0 aliphatic rings. The molecule has 0 aliphatic heterocycles. The first-order valence-electron chi connectivity index (χ1n) is 4.07. The van der Waals surface area contributed by atoms with Crippen LogP contribution in [0.25, 0.3) is 10.2 Å². The Labute approximate surface area is 90.5 Å². The molecule has 2 N–H and O–H groups in total. The largest absolute Gasteiger partial charge is 0.495 e. The second kappa shape index (κ2) is 3.73. The van der Waals surface area contributed by atoms with E-state index in [0.717, 1.165) is 15.2 Å². The fourth-order valence-corrected chi connectivity index (χ4v) is 2.31. The summed E-state index contributed by atoms with van der Waals surface area (Å²) in [5.41, 5.74) is 6.38. The maximum absolute atomic E-state index is 5.96. The van der Waals surface area contributed by atoms with Gasteiger partial charge in [-0.1, -0.05) is 11.6 Å². The summed E-state index contributed by atoms with van der Waals surface area (Å²) in [5.74, 6) is 0.673. The highest BCUT2D eigenvalue weighted by molar-refractivity contribution is 7.18. The van der Waals surface area contributed by atoms with E-state index < -0.39 is 0 Å². The van der Waals surface area contributed by atoms with Gasteiger partial charge in [0, 0.05) is 12.6 Å². The van der Waals surface area contributed by atoms with Crippen molar-refractivity contribution >= 4 is 33.2 Å². The van der Waals surface area contributed by atoms with Crippen LogP contribution in [0, 0.1) is 0 Å². The Kier molecular flexibility index (Phi) is 2.58. The number of nitrogens with two attached hydrogens (primary N) is 1. The third kappa shape index (κ3) is 1.56. The minimum Gasteiger partial charge on any atom is -0.495 e. The predicted octanol–water partition coefficient (Wildman–Crippen LogP) is 2.42. The van der Waals surface area contributed by atoms with Gasteiger partial charge in [-0.2, -0.15) is 0 Å². The summed E-state index contributed by atoms with van der Waals surface area (Å²) in [6.45, 7) is 0.458. The molecule has 3 nitrogen and oxygen atoms in total. The number of thiazole rings is 1. The van der Waals surface area contributed by atoms with Crippen molar-refractivity contribution in [3.8, 4) is 5.75 Å². The maximum atomic E-state index is 5.96. The Hall–Kier alpha value is -0.840. The van der Waals surface area contributed by atoms with Crippen molar-refractivity contribution in [1.29, 1.82) is 0 Å². The number of aromatic nitrogens is 1. The second-order valence-electron chi connectivity index (χ2n) is 2.77. The minimum atomic E-state index is 0.458. The van der Waals surface area contributed by atoms with Crippen LogP contribution in [-0.4, -0.2) is 12.1 Å². The van der Waals surface area contributed by atoms with Crippen LogP contribution in [-0.2, 0) is 6.54 Å². The van der Waals surface area contributed by atoms with Gasteiger partial charge >= 0.3 is 0 Å². The highest BCUT2D eigenvalue weighted by Gasteiger charge is 2.07. The Morgan fingerprint density at radius 1 is 1.57 bits per heavy atom. The first-order valence-corrected chi connectivity index (χ1v) is 5.27. The van der Waals surface area contributed by atoms with Crippen LogP contribution in [0.1, 0.15) is 5.01 Å². The lowest BCUT2D eigenvalue weighted by molar-refractivity contribution is 0.415. The van der Waals surface area contributed by atoms with E-state index in [4.69, 9.17) is 22.1 Å². The summed E-state index contributed by atoms with van der Waals surface area (Å²) in [7, 11) is 1.60. The van der Waals surface area contributed by atoms with Crippen LogP contribution in [0.4, 0.5) is 0 Å². The maximum Gasteiger partial charge on any atom is 0.139 e. The number of nitrogens with zero attached hydrogens (tertiary/aromatic N) is 1. The van der Waals surface area contributed by atoms with Gasteiger partial charge in [-0.3, -0.25) is 0 Å². The van der Waals surface area contributed by atoms with Crippen LogP contribution >= 0.6 is 22.9 Å². The quantitative estimate of drug-likeness (QED) is 0.859. The van der Waals surface area contributed by atoms with E-state index in [-0.39, 0.29) is 0 Å². The Morgan fingerprint density at radius 2 is 2.36 bits per heavy atom. The number of ether oxygens (including phenoxy) is 1. The van der Waals surface area contributed by atoms with Gasteiger partial charge in [-0.25, -0.2) is 4.98 Å². The van der Waals surface area contributed by atoms with Gasteiger partial charge in [0.25, 0.3) is 0 Å². The summed E-state index contributed by atoms with van der Waals surface area (Å²) >= 11 is 7.52. The number of fused-ring (bicyclic) bond motifs is 1. The lowest BCUT2D eigenvalue weighted by Crippen LogP contribution is -1.93. The average Bonchev–Trinajstić information content (AvgIpc) is 2.58. The smallest absolute Gasteiger partial charge is 0.139 e. The summed E-state index contributed by atoms with van der Waals surface area (Å²) in [6, 6.07) is 3.68. The third-order valence-corrected chi connectivity index (χ3v) is 3.22. The molecule has 0 fully saturated rings. The molecule has 1 heterocycles. The van der Waals surface area contributed by atoms with Crippen LogP contribution in [0.3, 0.4) is 0 Å². The predicted molar refractivity (Wildman–Crippen MR) is 59.1 cm³/mol. The highest BCUT2D eigenvalue weighted by atomic mass is 35.5. The fourth-order valence-electron chi connectivity index (χ4n) is 1.22. The van der Waals surface area contributed by atoms with E-state index in [1.807, 2.05) is 6.07 Å². The molecular formula is C9H9ClN2OS. The number of hydrogen-bond acceptors (Lipinski definition) is 4. The number of benzene rings is 1. The molecule has 0 bridgehead atoms. The summed E-state index contributed by atoms with van der Waals surface area (Å²) < 4.78 is 6.16. The van der Waals surface area contributed by atoms with Crippen molar-refractivity contribution in [2.75, 3.05) is 7.11 Å². The lowest BCUT2D eigenvalue weighted by atomic mass is 10.3. The molecule has 0 atom stereocenters. The molecule has 5 heteroatoms.